The maximum atomic E-state index is 12.5. The SMILES string of the molecule is Cc1ccc(NCC(=O)c2cc(C)n(C(C)C)c2C)c(C)c1. The second kappa shape index (κ2) is 6.39. The van der Waals surface area contributed by atoms with Crippen molar-refractivity contribution in [3.05, 3.63) is 52.3 Å². The minimum atomic E-state index is 0.139. The van der Waals surface area contributed by atoms with Gasteiger partial charge >= 0.3 is 0 Å². The van der Waals surface area contributed by atoms with Gasteiger partial charge in [0.25, 0.3) is 0 Å². The molecule has 0 unspecified atom stereocenters. The van der Waals surface area contributed by atoms with Crippen LogP contribution in [0.3, 0.4) is 0 Å². The Labute approximate surface area is 133 Å². The number of benzene rings is 1. The van der Waals surface area contributed by atoms with E-state index in [0.29, 0.717) is 12.6 Å². The van der Waals surface area contributed by atoms with Gasteiger partial charge in [0.1, 0.15) is 0 Å². The fourth-order valence-electron chi connectivity index (χ4n) is 3.14. The average molecular weight is 298 g/mol. The van der Waals surface area contributed by atoms with Gasteiger partial charge in [0.2, 0.25) is 0 Å². The van der Waals surface area contributed by atoms with Crippen LogP contribution in [0, 0.1) is 27.7 Å². The number of rotatable bonds is 5. The predicted octanol–water partition coefficient (Wildman–Crippen LogP) is 4.60. The summed E-state index contributed by atoms with van der Waals surface area (Å²) in [4.78, 5) is 12.5. The summed E-state index contributed by atoms with van der Waals surface area (Å²) in [6.07, 6.45) is 0. The molecule has 22 heavy (non-hydrogen) atoms. The van der Waals surface area contributed by atoms with Gasteiger partial charge in [0.05, 0.1) is 6.54 Å². The molecule has 3 nitrogen and oxygen atoms in total. The molecular weight excluding hydrogens is 272 g/mol. The number of anilines is 1. The predicted molar refractivity (Wildman–Crippen MR) is 93.0 cm³/mol. The van der Waals surface area contributed by atoms with Crippen molar-refractivity contribution in [2.45, 2.75) is 47.6 Å². The molecular formula is C19H26N2O. The lowest BCUT2D eigenvalue weighted by Crippen LogP contribution is -2.16. The van der Waals surface area contributed by atoms with Gasteiger partial charge in [-0.25, -0.2) is 0 Å². The molecule has 2 aromatic rings. The topological polar surface area (TPSA) is 34.0 Å². The fraction of sp³-hybridized carbons (Fsp3) is 0.421. The molecule has 0 amide bonds. The fourth-order valence-corrected chi connectivity index (χ4v) is 3.14. The monoisotopic (exact) mass is 298 g/mol. The highest BCUT2D eigenvalue weighted by Crippen LogP contribution is 2.21. The highest BCUT2D eigenvalue weighted by Gasteiger charge is 2.17. The van der Waals surface area contributed by atoms with E-state index in [9.17, 15) is 4.79 Å². The van der Waals surface area contributed by atoms with E-state index in [1.54, 1.807) is 0 Å². The van der Waals surface area contributed by atoms with E-state index in [1.807, 2.05) is 19.1 Å². The Morgan fingerprint density at radius 3 is 2.36 bits per heavy atom. The van der Waals surface area contributed by atoms with E-state index in [4.69, 9.17) is 0 Å². The van der Waals surface area contributed by atoms with Crippen LogP contribution in [0.2, 0.25) is 0 Å². The van der Waals surface area contributed by atoms with E-state index in [0.717, 1.165) is 22.6 Å². The molecule has 3 heteroatoms. The van der Waals surface area contributed by atoms with Crippen LogP contribution in [0.5, 0.6) is 0 Å². The molecule has 0 radical (unpaired) electrons. The van der Waals surface area contributed by atoms with E-state index in [1.165, 1.54) is 11.1 Å². The molecule has 1 heterocycles. The molecule has 0 aliphatic rings. The zero-order chi connectivity index (χ0) is 16.4. The second-order valence-corrected chi connectivity index (χ2v) is 6.34. The third-order valence-electron chi connectivity index (χ3n) is 4.12. The van der Waals surface area contributed by atoms with Gasteiger partial charge in [-0.3, -0.25) is 4.79 Å². The molecule has 2 rings (SSSR count). The van der Waals surface area contributed by atoms with Crippen LogP contribution >= 0.6 is 0 Å². The van der Waals surface area contributed by atoms with Crippen LogP contribution in [-0.4, -0.2) is 16.9 Å². The van der Waals surface area contributed by atoms with Crippen molar-refractivity contribution in [3.63, 3.8) is 0 Å². The van der Waals surface area contributed by atoms with Crippen LogP contribution in [0.4, 0.5) is 5.69 Å². The second-order valence-electron chi connectivity index (χ2n) is 6.34. The van der Waals surface area contributed by atoms with Gasteiger partial charge in [-0.15, -0.1) is 0 Å². The Kier molecular flexibility index (Phi) is 4.74. The molecule has 1 aromatic carbocycles. The number of carbonyl (C=O) groups excluding carboxylic acids is 1. The Bertz CT molecular complexity index is 696. The largest absolute Gasteiger partial charge is 0.377 e. The number of hydrogen-bond donors (Lipinski definition) is 1. The van der Waals surface area contributed by atoms with Gasteiger partial charge in [0, 0.05) is 28.7 Å². The minimum Gasteiger partial charge on any atom is -0.377 e. The Morgan fingerprint density at radius 1 is 1.14 bits per heavy atom. The number of aromatic nitrogens is 1. The smallest absolute Gasteiger partial charge is 0.183 e. The molecule has 0 aliphatic heterocycles. The molecule has 118 valence electrons. The van der Waals surface area contributed by atoms with Crippen molar-refractivity contribution < 1.29 is 4.79 Å². The minimum absolute atomic E-state index is 0.139. The van der Waals surface area contributed by atoms with Gasteiger partial charge < -0.3 is 9.88 Å². The van der Waals surface area contributed by atoms with Crippen molar-refractivity contribution in [2.75, 3.05) is 11.9 Å². The number of nitrogens with one attached hydrogen (secondary N) is 1. The van der Waals surface area contributed by atoms with Crippen LogP contribution in [0.25, 0.3) is 0 Å². The standard InChI is InChI=1S/C19H26N2O/c1-12(2)21-15(5)10-17(16(21)6)19(22)11-20-18-8-7-13(3)9-14(18)4/h7-10,12,20H,11H2,1-6H3. The number of ketones is 1. The summed E-state index contributed by atoms with van der Waals surface area (Å²) in [5.74, 6) is 0.139. The first-order valence-corrected chi connectivity index (χ1v) is 7.84. The molecule has 0 aliphatic carbocycles. The first kappa shape index (κ1) is 16.3. The maximum Gasteiger partial charge on any atom is 0.183 e. The third kappa shape index (κ3) is 3.24. The molecule has 1 N–H and O–H groups in total. The van der Waals surface area contributed by atoms with E-state index >= 15 is 0 Å². The molecule has 0 saturated heterocycles. The van der Waals surface area contributed by atoms with Gasteiger partial charge in [0.15, 0.2) is 5.78 Å². The van der Waals surface area contributed by atoms with E-state index in [2.05, 4.69) is 56.6 Å². The molecule has 0 bridgehead atoms. The highest BCUT2D eigenvalue weighted by molar-refractivity contribution is 6.00. The lowest BCUT2D eigenvalue weighted by molar-refractivity contribution is 0.101. The summed E-state index contributed by atoms with van der Waals surface area (Å²) < 4.78 is 2.21. The summed E-state index contributed by atoms with van der Waals surface area (Å²) in [7, 11) is 0. The van der Waals surface area contributed by atoms with Crippen molar-refractivity contribution in [1.29, 1.82) is 0 Å². The normalized spacial score (nSPS) is 11.0. The highest BCUT2D eigenvalue weighted by atomic mass is 16.1. The number of hydrogen-bond acceptors (Lipinski definition) is 2. The zero-order valence-corrected chi connectivity index (χ0v) is 14.4. The maximum absolute atomic E-state index is 12.5. The van der Waals surface area contributed by atoms with Crippen LogP contribution in [0.15, 0.2) is 24.3 Å². The number of aryl methyl sites for hydroxylation is 3. The average Bonchev–Trinajstić information content (AvgIpc) is 2.72. The molecule has 0 atom stereocenters. The summed E-state index contributed by atoms with van der Waals surface area (Å²) in [5, 5.41) is 3.26. The van der Waals surface area contributed by atoms with Crippen LogP contribution < -0.4 is 5.32 Å². The van der Waals surface area contributed by atoms with Gasteiger partial charge in [-0.1, -0.05) is 17.7 Å². The summed E-state index contributed by atoms with van der Waals surface area (Å²) >= 11 is 0. The van der Waals surface area contributed by atoms with E-state index in [-0.39, 0.29) is 5.78 Å². The Morgan fingerprint density at radius 2 is 1.82 bits per heavy atom. The molecule has 0 saturated carbocycles. The molecule has 0 fully saturated rings. The van der Waals surface area contributed by atoms with Crippen molar-refractivity contribution in [2.24, 2.45) is 0 Å². The van der Waals surface area contributed by atoms with Gasteiger partial charge in [-0.2, -0.15) is 0 Å². The quantitative estimate of drug-likeness (QED) is 0.819. The Hall–Kier alpha value is -2.03. The third-order valence-corrected chi connectivity index (χ3v) is 4.12. The molecule has 1 aromatic heterocycles. The van der Waals surface area contributed by atoms with Crippen molar-refractivity contribution in [3.8, 4) is 0 Å². The lowest BCUT2D eigenvalue weighted by Gasteiger charge is -2.14. The number of carbonyl (C=O) groups is 1. The Balaban J connectivity index is 2.15. The van der Waals surface area contributed by atoms with Crippen molar-refractivity contribution >= 4 is 11.5 Å². The number of Topliss-reactive ketones (excluding diaryl/α,β-unsaturated/α-hetero) is 1. The van der Waals surface area contributed by atoms with Gasteiger partial charge in [-0.05, 0) is 59.2 Å². The first-order chi connectivity index (χ1) is 10.3. The van der Waals surface area contributed by atoms with Crippen molar-refractivity contribution in [1.82, 2.24) is 4.57 Å². The summed E-state index contributed by atoms with van der Waals surface area (Å²) in [5.41, 5.74) is 6.44. The summed E-state index contributed by atoms with van der Waals surface area (Å²) in [6.45, 7) is 12.8. The zero-order valence-electron chi connectivity index (χ0n) is 14.4. The molecule has 0 spiro atoms. The number of nitrogens with zero attached hydrogens (tertiary/aromatic N) is 1. The first-order valence-electron chi connectivity index (χ1n) is 7.84. The van der Waals surface area contributed by atoms with Crippen LogP contribution in [-0.2, 0) is 0 Å². The lowest BCUT2D eigenvalue weighted by atomic mass is 10.1. The van der Waals surface area contributed by atoms with E-state index < -0.39 is 0 Å². The van der Waals surface area contributed by atoms with Crippen LogP contribution in [0.1, 0.15) is 52.8 Å². The summed E-state index contributed by atoms with van der Waals surface area (Å²) in [6, 6.07) is 8.59.